The minimum Gasteiger partial charge on any atom is -0.363 e. The first-order valence-electron chi connectivity index (χ1n) is 7.41. The summed E-state index contributed by atoms with van der Waals surface area (Å²) in [6.45, 7) is 4.64. The molecule has 2 aromatic heterocycles. The molecule has 1 N–H and O–H groups in total. The molecule has 124 valence electrons. The molecule has 0 unspecified atom stereocenters. The lowest BCUT2D eigenvalue weighted by Gasteiger charge is -2.18. The first-order valence-corrected chi connectivity index (χ1v) is 7.41. The van der Waals surface area contributed by atoms with E-state index in [1.165, 1.54) is 0 Å². The Morgan fingerprint density at radius 2 is 2.04 bits per heavy atom. The predicted octanol–water partition coefficient (Wildman–Crippen LogP) is 2.09. The molecule has 0 aliphatic heterocycles. The van der Waals surface area contributed by atoms with Crippen LogP contribution in [0.4, 0.5) is 10.6 Å². The summed E-state index contributed by atoms with van der Waals surface area (Å²) in [7, 11) is 5.61. The van der Waals surface area contributed by atoms with Crippen molar-refractivity contribution in [3.8, 4) is 0 Å². The third kappa shape index (κ3) is 4.21. The van der Waals surface area contributed by atoms with E-state index in [4.69, 9.17) is 4.52 Å². The smallest absolute Gasteiger partial charge is 0.317 e. The summed E-state index contributed by atoms with van der Waals surface area (Å²) >= 11 is 0. The molecule has 2 aromatic rings. The van der Waals surface area contributed by atoms with Crippen LogP contribution in [0, 0.1) is 13.8 Å². The third-order valence-corrected chi connectivity index (χ3v) is 3.64. The SMILES string of the molecule is Cc1noc(C)c1CN(C)C(=O)NCc1ccnc(N(C)C)c1. The third-order valence-electron chi connectivity index (χ3n) is 3.64. The van der Waals surface area contributed by atoms with Crippen molar-refractivity contribution < 1.29 is 9.32 Å². The van der Waals surface area contributed by atoms with Crippen LogP contribution in [0.3, 0.4) is 0 Å². The predicted molar refractivity (Wildman–Crippen MR) is 88.2 cm³/mol. The van der Waals surface area contributed by atoms with Crippen molar-refractivity contribution in [1.29, 1.82) is 0 Å². The fraction of sp³-hybridized carbons (Fsp3) is 0.438. The Kier molecular flexibility index (Phi) is 5.20. The van der Waals surface area contributed by atoms with Gasteiger partial charge in [-0.15, -0.1) is 0 Å². The number of amides is 2. The van der Waals surface area contributed by atoms with Crippen LogP contribution in [0.15, 0.2) is 22.9 Å². The van der Waals surface area contributed by atoms with Crippen LogP contribution in [0.1, 0.15) is 22.6 Å². The first kappa shape index (κ1) is 16.8. The van der Waals surface area contributed by atoms with Gasteiger partial charge >= 0.3 is 6.03 Å². The van der Waals surface area contributed by atoms with Crippen LogP contribution in [-0.4, -0.2) is 42.2 Å². The molecule has 7 nitrogen and oxygen atoms in total. The monoisotopic (exact) mass is 317 g/mol. The largest absolute Gasteiger partial charge is 0.363 e. The minimum atomic E-state index is -0.145. The van der Waals surface area contributed by atoms with Crippen molar-refractivity contribution in [2.24, 2.45) is 0 Å². The lowest BCUT2D eigenvalue weighted by atomic mass is 10.2. The van der Waals surface area contributed by atoms with Gasteiger partial charge in [-0.3, -0.25) is 0 Å². The molecule has 2 rings (SSSR count). The van der Waals surface area contributed by atoms with Crippen LogP contribution < -0.4 is 10.2 Å². The van der Waals surface area contributed by atoms with E-state index in [2.05, 4.69) is 15.5 Å². The summed E-state index contributed by atoms with van der Waals surface area (Å²) in [6.07, 6.45) is 1.74. The van der Waals surface area contributed by atoms with E-state index in [-0.39, 0.29) is 6.03 Å². The van der Waals surface area contributed by atoms with E-state index in [9.17, 15) is 4.79 Å². The normalized spacial score (nSPS) is 10.5. The lowest BCUT2D eigenvalue weighted by molar-refractivity contribution is 0.206. The van der Waals surface area contributed by atoms with Gasteiger partial charge < -0.3 is 19.6 Å². The molecule has 0 fully saturated rings. The number of aromatic nitrogens is 2. The summed E-state index contributed by atoms with van der Waals surface area (Å²) in [5.74, 6) is 1.60. The lowest BCUT2D eigenvalue weighted by Crippen LogP contribution is -2.36. The van der Waals surface area contributed by atoms with Gasteiger partial charge in [-0.1, -0.05) is 5.16 Å². The van der Waals surface area contributed by atoms with Gasteiger partial charge in [0, 0.05) is 39.4 Å². The van der Waals surface area contributed by atoms with Crippen LogP contribution >= 0.6 is 0 Å². The highest BCUT2D eigenvalue weighted by Gasteiger charge is 2.15. The number of carbonyl (C=O) groups is 1. The highest BCUT2D eigenvalue weighted by atomic mass is 16.5. The topological polar surface area (TPSA) is 74.5 Å². The van der Waals surface area contributed by atoms with Gasteiger partial charge in [-0.2, -0.15) is 0 Å². The molecule has 0 atom stereocenters. The molecule has 0 aromatic carbocycles. The van der Waals surface area contributed by atoms with E-state index in [0.717, 1.165) is 28.4 Å². The Balaban J connectivity index is 1.93. The van der Waals surface area contributed by atoms with Gasteiger partial charge in [-0.25, -0.2) is 9.78 Å². The Labute approximate surface area is 136 Å². The minimum absolute atomic E-state index is 0.145. The Morgan fingerprint density at radius 1 is 1.30 bits per heavy atom. The summed E-state index contributed by atoms with van der Waals surface area (Å²) < 4.78 is 5.12. The number of nitrogens with zero attached hydrogens (tertiary/aromatic N) is 4. The number of carbonyl (C=O) groups excluding carboxylic acids is 1. The molecule has 7 heteroatoms. The van der Waals surface area contributed by atoms with Crippen molar-refractivity contribution in [3.05, 3.63) is 40.9 Å². The molecule has 2 heterocycles. The molecule has 0 radical (unpaired) electrons. The second-order valence-corrected chi connectivity index (χ2v) is 5.73. The zero-order valence-electron chi connectivity index (χ0n) is 14.3. The van der Waals surface area contributed by atoms with E-state index in [1.807, 2.05) is 45.0 Å². The highest BCUT2D eigenvalue weighted by molar-refractivity contribution is 5.73. The molecule has 2 amide bonds. The van der Waals surface area contributed by atoms with Gasteiger partial charge in [0.1, 0.15) is 11.6 Å². The average molecular weight is 317 g/mol. The number of aryl methyl sites for hydroxylation is 2. The average Bonchev–Trinajstić information content (AvgIpc) is 2.84. The second kappa shape index (κ2) is 7.13. The van der Waals surface area contributed by atoms with Crippen molar-refractivity contribution in [2.75, 3.05) is 26.0 Å². The molecular weight excluding hydrogens is 294 g/mol. The highest BCUT2D eigenvalue weighted by Crippen LogP contribution is 2.14. The fourth-order valence-corrected chi connectivity index (χ4v) is 2.16. The van der Waals surface area contributed by atoms with Gasteiger partial charge in [0.15, 0.2) is 0 Å². The Bertz CT molecular complexity index is 661. The summed E-state index contributed by atoms with van der Waals surface area (Å²) in [4.78, 5) is 20.0. The zero-order valence-corrected chi connectivity index (χ0v) is 14.3. The van der Waals surface area contributed by atoms with Crippen molar-refractivity contribution in [1.82, 2.24) is 20.4 Å². The first-order chi connectivity index (χ1) is 10.9. The van der Waals surface area contributed by atoms with Gasteiger partial charge in [-0.05, 0) is 31.5 Å². The molecule has 0 saturated heterocycles. The van der Waals surface area contributed by atoms with Gasteiger partial charge in [0.05, 0.1) is 12.2 Å². The summed E-state index contributed by atoms with van der Waals surface area (Å²) in [5.41, 5.74) is 2.76. The summed E-state index contributed by atoms with van der Waals surface area (Å²) in [6, 6.07) is 3.70. The maximum Gasteiger partial charge on any atom is 0.317 e. The fourth-order valence-electron chi connectivity index (χ4n) is 2.16. The van der Waals surface area contributed by atoms with E-state index < -0.39 is 0 Å². The van der Waals surface area contributed by atoms with Crippen LogP contribution in [0.25, 0.3) is 0 Å². The van der Waals surface area contributed by atoms with Crippen molar-refractivity contribution >= 4 is 11.8 Å². The quantitative estimate of drug-likeness (QED) is 0.914. The van der Waals surface area contributed by atoms with Crippen LogP contribution in [0.5, 0.6) is 0 Å². The molecule has 23 heavy (non-hydrogen) atoms. The molecule has 0 aliphatic rings. The maximum absolute atomic E-state index is 12.2. The van der Waals surface area contributed by atoms with Crippen molar-refractivity contribution in [2.45, 2.75) is 26.9 Å². The van der Waals surface area contributed by atoms with Crippen LogP contribution in [-0.2, 0) is 13.1 Å². The standard InChI is InChI=1S/C16H23N5O2/c1-11-14(12(2)23-19-11)10-21(5)16(22)18-9-13-6-7-17-15(8-13)20(3)4/h6-8H,9-10H2,1-5H3,(H,18,22). The number of urea groups is 1. The number of pyridine rings is 1. The molecule has 0 bridgehead atoms. The number of hydrogen-bond acceptors (Lipinski definition) is 5. The Morgan fingerprint density at radius 3 is 2.65 bits per heavy atom. The summed E-state index contributed by atoms with van der Waals surface area (Å²) in [5, 5.41) is 6.81. The Hall–Kier alpha value is -2.57. The van der Waals surface area contributed by atoms with E-state index in [0.29, 0.717) is 13.1 Å². The number of anilines is 1. The number of nitrogens with one attached hydrogen (secondary N) is 1. The van der Waals surface area contributed by atoms with E-state index >= 15 is 0 Å². The molecular formula is C16H23N5O2. The molecule has 0 saturated carbocycles. The molecule has 0 aliphatic carbocycles. The van der Waals surface area contributed by atoms with Crippen LogP contribution in [0.2, 0.25) is 0 Å². The van der Waals surface area contributed by atoms with E-state index in [1.54, 1.807) is 18.1 Å². The zero-order chi connectivity index (χ0) is 17.0. The number of hydrogen-bond donors (Lipinski definition) is 1. The number of rotatable bonds is 5. The van der Waals surface area contributed by atoms with Crippen molar-refractivity contribution in [3.63, 3.8) is 0 Å². The maximum atomic E-state index is 12.2. The van der Waals surface area contributed by atoms with Gasteiger partial charge in [0.25, 0.3) is 0 Å². The molecule has 0 spiro atoms. The second-order valence-electron chi connectivity index (χ2n) is 5.73. The van der Waals surface area contributed by atoms with Gasteiger partial charge in [0.2, 0.25) is 0 Å².